The van der Waals surface area contributed by atoms with Gasteiger partial charge in [0.05, 0.1) is 4.90 Å². The molecule has 1 aromatic rings. The van der Waals surface area contributed by atoms with Gasteiger partial charge in [-0.3, -0.25) is 4.79 Å². The van der Waals surface area contributed by atoms with Crippen LogP contribution in [0.25, 0.3) is 0 Å². The lowest BCUT2D eigenvalue weighted by Crippen LogP contribution is -2.14. The van der Waals surface area contributed by atoms with E-state index in [4.69, 9.17) is 10.2 Å². The SMILES string of the molecule is Cc1ccc(S(N)(=O)=O)cc1NC(=O)/C=C/C(=O)O. The summed E-state index contributed by atoms with van der Waals surface area (Å²) in [6.45, 7) is 1.66. The number of nitrogens with one attached hydrogen (secondary N) is 1. The maximum absolute atomic E-state index is 11.4. The van der Waals surface area contributed by atoms with Crippen molar-refractivity contribution in [1.82, 2.24) is 0 Å². The first-order chi connectivity index (χ1) is 8.70. The van der Waals surface area contributed by atoms with Gasteiger partial charge >= 0.3 is 5.97 Å². The van der Waals surface area contributed by atoms with E-state index in [2.05, 4.69) is 5.32 Å². The number of carboxylic acid groups (broad SMARTS) is 1. The van der Waals surface area contributed by atoms with E-state index in [0.717, 1.165) is 6.08 Å². The topological polar surface area (TPSA) is 127 Å². The van der Waals surface area contributed by atoms with E-state index in [-0.39, 0.29) is 10.6 Å². The van der Waals surface area contributed by atoms with Gasteiger partial charge in [-0.15, -0.1) is 0 Å². The number of benzene rings is 1. The molecule has 0 aliphatic heterocycles. The summed E-state index contributed by atoms with van der Waals surface area (Å²) in [6.07, 6.45) is 1.50. The number of carbonyl (C=O) groups is 2. The molecule has 0 unspecified atom stereocenters. The number of sulfonamides is 1. The molecule has 0 radical (unpaired) electrons. The van der Waals surface area contributed by atoms with Crippen LogP contribution in [0.5, 0.6) is 0 Å². The van der Waals surface area contributed by atoms with Gasteiger partial charge in [0.15, 0.2) is 0 Å². The number of hydrogen-bond donors (Lipinski definition) is 3. The minimum atomic E-state index is -3.87. The number of anilines is 1. The minimum absolute atomic E-state index is 0.143. The number of carbonyl (C=O) groups excluding carboxylic acids is 1. The number of primary sulfonamides is 1. The van der Waals surface area contributed by atoms with Gasteiger partial charge in [-0.1, -0.05) is 6.07 Å². The molecule has 1 amide bonds. The first-order valence-corrected chi connectivity index (χ1v) is 6.60. The average molecular weight is 284 g/mol. The normalized spacial score (nSPS) is 11.5. The van der Waals surface area contributed by atoms with E-state index < -0.39 is 21.9 Å². The van der Waals surface area contributed by atoms with Crippen LogP contribution in [0, 0.1) is 6.92 Å². The number of aryl methyl sites for hydroxylation is 1. The van der Waals surface area contributed by atoms with Gasteiger partial charge in [-0.25, -0.2) is 18.4 Å². The third kappa shape index (κ3) is 4.53. The highest BCUT2D eigenvalue weighted by molar-refractivity contribution is 7.89. The second-order valence-electron chi connectivity index (χ2n) is 3.68. The van der Waals surface area contributed by atoms with E-state index in [9.17, 15) is 18.0 Å². The third-order valence-electron chi connectivity index (χ3n) is 2.17. The van der Waals surface area contributed by atoms with Crippen LogP contribution in [-0.2, 0) is 19.6 Å². The van der Waals surface area contributed by atoms with Gasteiger partial charge < -0.3 is 10.4 Å². The van der Waals surface area contributed by atoms with Crippen LogP contribution in [0.15, 0.2) is 35.2 Å². The number of carboxylic acids is 1. The Morgan fingerprint density at radius 1 is 1.32 bits per heavy atom. The fourth-order valence-electron chi connectivity index (χ4n) is 1.23. The van der Waals surface area contributed by atoms with Crippen molar-refractivity contribution < 1.29 is 23.1 Å². The highest BCUT2D eigenvalue weighted by atomic mass is 32.2. The van der Waals surface area contributed by atoms with Gasteiger partial charge in [0.25, 0.3) is 0 Å². The monoisotopic (exact) mass is 284 g/mol. The molecule has 0 fully saturated rings. The highest BCUT2D eigenvalue weighted by Gasteiger charge is 2.11. The van der Waals surface area contributed by atoms with Crippen molar-refractivity contribution in [3.63, 3.8) is 0 Å². The van der Waals surface area contributed by atoms with E-state index in [1.54, 1.807) is 6.92 Å². The zero-order valence-corrected chi connectivity index (χ0v) is 10.8. The molecular formula is C11H12N2O5S. The Morgan fingerprint density at radius 2 is 1.95 bits per heavy atom. The summed E-state index contributed by atoms with van der Waals surface area (Å²) in [5, 5.41) is 15.7. The zero-order valence-electron chi connectivity index (χ0n) is 9.95. The quantitative estimate of drug-likeness (QED) is 0.682. The molecule has 0 heterocycles. The van der Waals surface area contributed by atoms with Gasteiger partial charge in [-0.2, -0.15) is 0 Å². The minimum Gasteiger partial charge on any atom is -0.478 e. The molecule has 1 rings (SSSR count). The lowest BCUT2D eigenvalue weighted by Gasteiger charge is -2.08. The molecule has 0 aliphatic carbocycles. The molecular weight excluding hydrogens is 272 g/mol. The number of aliphatic carboxylic acids is 1. The van der Waals surface area contributed by atoms with Crippen LogP contribution in [-0.4, -0.2) is 25.4 Å². The Bertz CT molecular complexity index is 649. The predicted molar refractivity (Wildman–Crippen MR) is 68.0 cm³/mol. The Morgan fingerprint density at radius 3 is 2.47 bits per heavy atom. The molecule has 7 nitrogen and oxygen atoms in total. The fourth-order valence-corrected chi connectivity index (χ4v) is 1.77. The summed E-state index contributed by atoms with van der Waals surface area (Å²) in [6, 6.07) is 4.00. The Labute approximate surface area is 109 Å². The molecule has 0 aliphatic rings. The smallest absolute Gasteiger partial charge is 0.328 e. The number of nitrogens with two attached hydrogens (primary N) is 1. The number of hydrogen-bond acceptors (Lipinski definition) is 4. The van der Waals surface area contributed by atoms with Gasteiger partial charge in [0.1, 0.15) is 0 Å². The van der Waals surface area contributed by atoms with Crippen molar-refractivity contribution in [2.75, 3.05) is 5.32 Å². The third-order valence-corrected chi connectivity index (χ3v) is 3.08. The first kappa shape index (κ1) is 14.9. The average Bonchev–Trinajstić information content (AvgIpc) is 2.28. The molecule has 1 aromatic carbocycles. The van der Waals surface area contributed by atoms with E-state index in [0.29, 0.717) is 11.6 Å². The van der Waals surface area contributed by atoms with Crippen LogP contribution in [0.3, 0.4) is 0 Å². The van der Waals surface area contributed by atoms with E-state index in [1.807, 2.05) is 0 Å². The molecule has 19 heavy (non-hydrogen) atoms. The summed E-state index contributed by atoms with van der Waals surface area (Å²) in [5.74, 6) is -1.94. The van der Waals surface area contributed by atoms with Gasteiger partial charge in [-0.05, 0) is 24.6 Å². The Balaban J connectivity index is 3.01. The van der Waals surface area contributed by atoms with Crippen molar-refractivity contribution >= 4 is 27.6 Å². The second kappa shape index (κ2) is 5.63. The molecule has 102 valence electrons. The summed E-state index contributed by atoms with van der Waals surface area (Å²) in [7, 11) is -3.87. The van der Waals surface area contributed by atoms with Crippen molar-refractivity contribution in [3.05, 3.63) is 35.9 Å². The maximum atomic E-state index is 11.4. The van der Waals surface area contributed by atoms with Gasteiger partial charge in [0, 0.05) is 17.8 Å². The molecule has 0 aromatic heterocycles. The van der Waals surface area contributed by atoms with Crippen LogP contribution < -0.4 is 10.5 Å². The molecule has 0 spiro atoms. The fraction of sp³-hybridized carbons (Fsp3) is 0.0909. The van der Waals surface area contributed by atoms with E-state index >= 15 is 0 Å². The lowest BCUT2D eigenvalue weighted by molar-refractivity contribution is -0.131. The Hall–Kier alpha value is -2.19. The lowest BCUT2D eigenvalue weighted by atomic mass is 10.2. The molecule has 8 heteroatoms. The second-order valence-corrected chi connectivity index (χ2v) is 5.24. The summed E-state index contributed by atoms with van der Waals surface area (Å²) < 4.78 is 22.3. The Kier molecular flexibility index (Phi) is 4.41. The van der Waals surface area contributed by atoms with Crippen molar-refractivity contribution in [2.45, 2.75) is 11.8 Å². The van der Waals surface area contributed by atoms with Crippen molar-refractivity contribution in [2.24, 2.45) is 5.14 Å². The summed E-state index contributed by atoms with van der Waals surface area (Å²) in [4.78, 5) is 21.5. The molecule has 4 N–H and O–H groups in total. The maximum Gasteiger partial charge on any atom is 0.328 e. The molecule has 0 atom stereocenters. The van der Waals surface area contributed by atoms with Crippen LogP contribution >= 0.6 is 0 Å². The van der Waals surface area contributed by atoms with Gasteiger partial charge in [0.2, 0.25) is 15.9 Å². The van der Waals surface area contributed by atoms with Crippen LogP contribution in [0.4, 0.5) is 5.69 Å². The van der Waals surface area contributed by atoms with E-state index in [1.165, 1.54) is 18.2 Å². The summed E-state index contributed by atoms with van der Waals surface area (Å²) >= 11 is 0. The highest BCUT2D eigenvalue weighted by Crippen LogP contribution is 2.19. The standard InChI is InChI=1S/C11H12N2O5S/c1-7-2-3-8(19(12,17)18)6-9(7)13-10(14)4-5-11(15)16/h2-6H,1H3,(H,13,14)(H,15,16)(H2,12,17,18)/b5-4+. The van der Waals surface area contributed by atoms with Crippen LogP contribution in [0.2, 0.25) is 0 Å². The number of amides is 1. The number of rotatable bonds is 4. The van der Waals surface area contributed by atoms with Crippen molar-refractivity contribution in [1.29, 1.82) is 0 Å². The molecule has 0 bridgehead atoms. The molecule has 0 saturated heterocycles. The summed E-state index contributed by atoms with van der Waals surface area (Å²) in [5.41, 5.74) is 0.857. The largest absolute Gasteiger partial charge is 0.478 e. The molecule has 0 saturated carbocycles. The zero-order chi connectivity index (χ0) is 14.6. The van der Waals surface area contributed by atoms with Crippen molar-refractivity contribution in [3.8, 4) is 0 Å². The van der Waals surface area contributed by atoms with Crippen LogP contribution in [0.1, 0.15) is 5.56 Å². The predicted octanol–water partition coefficient (Wildman–Crippen LogP) is 0.222. The first-order valence-electron chi connectivity index (χ1n) is 5.05.